The summed E-state index contributed by atoms with van der Waals surface area (Å²) in [5.74, 6) is 0.387. The molecule has 0 bridgehead atoms. The van der Waals surface area contributed by atoms with Crippen molar-refractivity contribution in [3.8, 4) is 17.1 Å². The Hall–Kier alpha value is -2.99. The van der Waals surface area contributed by atoms with Gasteiger partial charge < -0.3 is 10.0 Å². The molecule has 0 radical (unpaired) electrons. The predicted molar refractivity (Wildman–Crippen MR) is 95.6 cm³/mol. The fourth-order valence-corrected chi connectivity index (χ4v) is 2.47. The lowest BCUT2D eigenvalue weighted by molar-refractivity contribution is 0.0755. The van der Waals surface area contributed by atoms with Crippen LogP contribution in [-0.2, 0) is 0 Å². The van der Waals surface area contributed by atoms with Crippen LogP contribution in [0.5, 0.6) is 0 Å². The average molecular weight is 336 g/mol. The van der Waals surface area contributed by atoms with E-state index in [-0.39, 0.29) is 24.9 Å². The summed E-state index contributed by atoms with van der Waals surface area (Å²) in [6, 6.07) is 17.5. The molecule has 0 saturated heterocycles. The molecule has 0 atom stereocenters. The van der Waals surface area contributed by atoms with Gasteiger partial charge in [0.2, 0.25) is 5.82 Å². The maximum absolute atomic E-state index is 12.5. The lowest BCUT2D eigenvalue weighted by atomic mass is 10.2. The Bertz CT molecular complexity index is 857. The topological polar surface area (TPSA) is 71.2 Å². The second-order valence-electron chi connectivity index (χ2n) is 5.82. The van der Waals surface area contributed by atoms with Gasteiger partial charge in [0.15, 0.2) is 5.82 Å². The summed E-state index contributed by atoms with van der Waals surface area (Å²) in [6.07, 6.45) is 0. The van der Waals surface area contributed by atoms with E-state index in [1.165, 1.54) is 4.90 Å². The molecule has 1 heterocycles. The number of aromatic nitrogens is 3. The molecule has 1 N–H and O–H groups in total. The van der Waals surface area contributed by atoms with Crippen LogP contribution in [0.15, 0.2) is 54.6 Å². The van der Waals surface area contributed by atoms with Crippen LogP contribution in [0.1, 0.15) is 16.2 Å². The number of carbonyl (C=O) groups is 1. The van der Waals surface area contributed by atoms with Crippen molar-refractivity contribution in [3.63, 3.8) is 0 Å². The predicted octanol–water partition coefficient (Wildman–Crippen LogP) is 2.31. The molecule has 6 nitrogen and oxygen atoms in total. The number of amides is 1. The van der Waals surface area contributed by atoms with Crippen LogP contribution in [0, 0.1) is 6.92 Å². The smallest absolute Gasteiger partial charge is 0.293 e. The highest BCUT2D eigenvalue weighted by molar-refractivity contribution is 5.90. The van der Waals surface area contributed by atoms with Crippen molar-refractivity contribution in [2.24, 2.45) is 0 Å². The van der Waals surface area contributed by atoms with Gasteiger partial charge in [-0.1, -0.05) is 48.0 Å². The number of aryl methyl sites for hydroxylation is 1. The second kappa shape index (κ2) is 7.27. The van der Waals surface area contributed by atoms with Gasteiger partial charge in [-0.05, 0) is 19.1 Å². The fourth-order valence-electron chi connectivity index (χ4n) is 2.47. The first kappa shape index (κ1) is 16.9. The first-order valence-electron chi connectivity index (χ1n) is 8.06. The third-order valence-electron chi connectivity index (χ3n) is 3.89. The molecule has 1 aromatic heterocycles. The number of aliphatic hydroxyl groups is 1. The molecular formula is C19H20N4O2. The molecule has 6 heteroatoms. The normalized spacial score (nSPS) is 10.7. The Kier molecular flexibility index (Phi) is 4.90. The van der Waals surface area contributed by atoms with Gasteiger partial charge in [-0.2, -0.15) is 0 Å². The highest BCUT2D eigenvalue weighted by Crippen LogP contribution is 2.21. The van der Waals surface area contributed by atoms with Gasteiger partial charge in [-0.15, -0.1) is 5.10 Å². The summed E-state index contributed by atoms with van der Waals surface area (Å²) < 4.78 is 1.68. The van der Waals surface area contributed by atoms with Crippen LogP contribution in [0.4, 0.5) is 0 Å². The highest BCUT2D eigenvalue weighted by atomic mass is 16.3. The molecule has 128 valence electrons. The molecule has 2 aromatic carbocycles. The van der Waals surface area contributed by atoms with Crippen molar-refractivity contribution in [1.82, 2.24) is 19.7 Å². The molecule has 0 spiro atoms. The zero-order valence-corrected chi connectivity index (χ0v) is 14.3. The van der Waals surface area contributed by atoms with Gasteiger partial charge in [-0.25, -0.2) is 9.67 Å². The number of carbonyl (C=O) groups excluding carboxylic acids is 1. The monoisotopic (exact) mass is 336 g/mol. The lowest BCUT2D eigenvalue weighted by Gasteiger charge is -2.12. The van der Waals surface area contributed by atoms with E-state index in [1.54, 1.807) is 11.7 Å². The van der Waals surface area contributed by atoms with Crippen molar-refractivity contribution in [1.29, 1.82) is 0 Å². The maximum atomic E-state index is 12.5. The SMILES string of the molecule is Cc1ccc(-n2nc(C(=O)N(C)CCO)nc2-c2ccccc2)cc1. The summed E-state index contributed by atoms with van der Waals surface area (Å²) in [6.45, 7) is 2.15. The summed E-state index contributed by atoms with van der Waals surface area (Å²) in [7, 11) is 1.62. The molecule has 0 unspecified atom stereocenters. The van der Waals surface area contributed by atoms with Crippen LogP contribution in [0.3, 0.4) is 0 Å². The van der Waals surface area contributed by atoms with Gasteiger partial charge >= 0.3 is 0 Å². The molecule has 3 aromatic rings. The highest BCUT2D eigenvalue weighted by Gasteiger charge is 2.21. The van der Waals surface area contributed by atoms with Gasteiger partial charge in [0, 0.05) is 19.2 Å². The Morgan fingerprint density at radius 2 is 1.80 bits per heavy atom. The van der Waals surface area contributed by atoms with Gasteiger partial charge in [0.05, 0.1) is 12.3 Å². The number of hydrogen-bond acceptors (Lipinski definition) is 4. The molecular weight excluding hydrogens is 316 g/mol. The van der Waals surface area contributed by atoms with E-state index >= 15 is 0 Å². The summed E-state index contributed by atoms with van der Waals surface area (Å²) in [5, 5.41) is 13.5. The minimum absolute atomic E-state index is 0.105. The van der Waals surface area contributed by atoms with E-state index in [9.17, 15) is 4.79 Å². The van der Waals surface area contributed by atoms with E-state index in [4.69, 9.17) is 5.11 Å². The standard InChI is InChI=1S/C19H20N4O2/c1-14-8-10-16(11-9-14)23-18(15-6-4-3-5-7-15)20-17(21-23)19(25)22(2)12-13-24/h3-11,24H,12-13H2,1-2H3. The number of nitrogens with zero attached hydrogens (tertiary/aromatic N) is 4. The van der Waals surface area contributed by atoms with Crippen LogP contribution in [-0.4, -0.2) is 50.9 Å². The summed E-state index contributed by atoms with van der Waals surface area (Å²) >= 11 is 0. The molecule has 0 fully saturated rings. The molecule has 1 amide bonds. The summed E-state index contributed by atoms with van der Waals surface area (Å²) in [4.78, 5) is 18.4. The van der Waals surface area contributed by atoms with Crippen LogP contribution in [0.2, 0.25) is 0 Å². The largest absolute Gasteiger partial charge is 0.395 e. The maximum Gasteiger partial charge on any atom is 0.293 e. The van der Waals surface area contributed by atoms with Crippen LogP contribution in [0.25, 0.3) is 17.1 Å². The first-order valence-corrected chi connectivity index (χ1v) is 8.06. The van der Waals surface area contributed by atoms with E-state index in [2.05, 4.69) is 10.1 Å². The van der Waals surface area contributed by atoms with E-state index in [1.807, 2.05) is 61.5 Å². The third-order valence-corrected chi connectivity index (χ3v) is 3.89. The number of rotatable bonds is 5. The van der Waals surface area contributed by atoms with Crippen molar-refractivity contribution >= 4 is 5.91 Å². The lowest BCUT2D eigenvalue weighted by Crippen LogP contribution is -2.30. The number of hydrogen-bond donors (Lipinski definition) is 1. The zero-order chi connectivity index (χ0) is 17.8. The molecule has 0 aliphatic heterocycles. The van der Waals surface area contributed by atoms with E-state index < -0.39 is 0 Å². The van der Waals surface area contributed by atoms with Crippen LogP contribution < -0.4 is 0 Å². The zero-order valence-electron chi connectivity index (χ0n) is 14.3. The van der Waals surface area contributed by atoms with Crippen molar-refractivity contribution in [2.75, 3.05) is 20.2 Å². The molecule has 25 heavy (non-hydrogen) atoms. The van der Waals surface area contributed by atoms with Gasteiger partial charge in [-0.3, -0.25) is 4.79 Å². The third kappa shape index (κ3) is 3.59. The summed E-state index contributed by atoms with van der Waals surface area (Å²) in [5.41, 5.74) is 2.85. The second-order valence-corrected chi connectivity index (χ2v) is 5.82. The van der Waals surface area contributed by atoms with Gasteiger partial charge in [0.1, 0.15) is 0 Å². The fraction of sp³-hybridized carbons (Fsp3) is 0.211. The van der Waals surface area contributed by atoms with Crippen molar-refractivity contribution in [2.45, 2.75) is 6.92 Å². The van der Waals surface area contributed by atoms with E-state index in [0.717, 1.165) is 16.8 Å². The quantitative estimate of drug-likeness (QED) is 0.776. The molecule has 0 saturated carbocycles. The van der Waals surface area contributed by atoms with Gasteiger partial charge in [0.25, 0.3) is 5.91 Å². The minimum Gasteiger partial charge on any atom is -0.395 e. The Morgan fingerprint density at radius 1 is 1.12 bits per heavy atom. The number of aliphatic hydroxyl groups excluding tert-OH is 1. The van der Waals surface area contributed by atoms with Crippen molar-refractivity contribution < 1.29 is 9.90 Å². The first-order chi connectivity index (χ1) is 12.1. The molecule has 0 aliphatic carbocycles. The average Bonchev–Trinajstić information content (AvgIpc) is 3.08. The minimum atomic E-state index is -0.322. The molecule has 3 rings (SSSR count). The van der Waals surface area contributed by atoms with Crippen molar-refractivity contribution in [3.05, 3.63) is 66.0 Å². The Labute approximate surface area is 146 Å². The Morgan fingerprint density at radius 3 is 2.44 bits per heavy atom. The number of benzene rings is 2. The number of likely N-dealkylation sites (N-methyl/N-ethyl adjacent to an activating group) is 1. The Balaban J connectivity index is 2.09. The molecule has 0 aliphatic rings. The van der Waals surface area contributed by atoms with Crippen LogP contribution >= 0.6 is 0 Å². The van der Waals surface area contributed by atoms with E-state index in [0.29, 0.717) is 5.82 Å².